The van der Waals surface area contributed by atoms with Crippen LogP contribution in [0.3, 0.4) is 0 Å². The molecule has 0 radical (unpaired) electrons. The highest BCUT2D eigenvalue weighted by Crippen LogP contribution is 2.27. The van der Waals surface area contributed by atoms with E-state index in [4.69, 9.17) is 18.0 Å². The van der Waals surface area contributed by atoms with Gasteiger partial charge in [-0.2, -0.15) is 0 Å². The molecular formula is C13H25N3O2S. The van der Waals surface area contributed by atoms with E-state index in [1.165, 1.54) is 0 Å². The molecule has 0 unspecified atom stereocenters. The van der Waals surface area contributed by atoms with Gasteiger partial charge in [0.2, 0.25) is 11.8 Å². The minimum Gasteiger partial charge on any atom is -0.392 e. The number of nitrogens with two attached hydrogens (primary N) is 1. The van der Waals surface area contributed by atoms with Crippen molar-refractivity contribution in [2.24, 2.45) is 11.1 Å². The Kier molecular flexibility index (Phi) is 7.59. The quantitative estimate of drug-likeness (QED) is 0.584. The second-order valence-corrected chi connectivity index (χ2v) is 5.32. The molecule has 0 saturated carbocycles. The van der Waals surface area contributed by atoms with Crippen LogP contribution in [0.2, 0.25) is 0 Å². The highest BCUT2D eigenvalue weighted by atomic mass is 32.1. The van der Waals surface area contributed by atoms with Gasteiger partial charge in [0, 0.05) is 19.0 Å². The molecule has 110 valence electrons. The summed E-state index contributed by atoms with van der Waals surface area (Å²) >= 11 is 5.00. The summed E-state index contributed by atoms with van der Waals surface area (Å²) in [5, 5.41) is 5.51. The summed E-state index contributed by atoms with van der Waals surface area (Å²) in [5.74, 6) is -0.272. The summed E-state index contributed by atoms with van der Waals surface area (Å²) in [6.07, 6.45) is 1.37. The van der Waals surface area contributed by atoms with E-state index in [9.17, 15) is 9.59 Å². The van der Waals surface area contributed by atoms with Crippen molar-refractivity contribution in [3.63, 3.8) is 0 Å². The van der Waals surface area contributed by atoms with Gasteiger partial charge in [0.05, 0.1) is 10.4 Å². The molecule has 6 heteroatoms. The van der Waals surface area contributed by atoms with Crippen LogP contribution in [0, 0.1) is 5.41 Å². The van der Waals surface area contributed by atoms with Gasteiger partial charge in [0.15, 0.2) is 0 Å². The molecule has 0 bridgehead atoms. The topological polar surface area (TPSA) is 84.2 Å². The Bertz CT molecular complexity index is 339. The molecule has 0 fully saturated rings. The van der Waals surface area contributed by atoms with E-state index >= 15 is 0 Å². The Morgan fingerprint density at radius 2 is 1.79 bits per heavy atom. The maximum absolute atomic E-state index is 12.2. The lowest BCUT2D eigenvalue weighted by atomic mass is 9.81. The Labute approximate surface area is 120 Å². The van der Waals surface area contributed by atoms with Crippen LogP contribution >= 0.6 is 12.2 Å². The third kappa shape index (κ3) is 5.14. The standard InChI is InChI=1S/C13H25N3O2S/c1-5-13(6-2,11(14)19)12(18)15-8-7-10(17)16-9(3)4/h9H,5-8H2,1-4H3,(H2,14,19)(H,15,18)(H,16,17). The molecule has 0 spiro atoms. The van der Waals surface area contributed by atoms with Gasteiger partial charge in [0.25, 0.3) is 0 Å². The van der Waals surface area contributed by atoms with E-state index in [0.29, 0.717) is 19.4 Å². The van der Waals surface area contributed by atoms with E-state index in [1.807, 2.05) is 27.7 Å². The lowest BCUT2D eigenvalue weighted by Gasteiger charge is -2.28. The first-order valence-electron chi connectivity index (χ1n) is 6.67. The monoisotopic (exact) mass is 287 g/mol. The predicted molar refractivity (Wildman–Crippen MR) is 80.7 cm³/mol. The second kappa shape index (κ2) is 8.09. The van der Waals surface area contributed by atoms with Crippen LogP contribution < -0.4 is 16.4 Å². The van der Waals surface area contributed by atoms with E-state index in [0.717, 1.165) is 0 Å². The molecule has 0 atom stereocenters. The number of hydrogen-bond donors (Lipinski definition) is 3. The average Bonchev–Trinajstić information content (AvgIpc) is 2.29. The summed E-state index contributed by atoms with van der Waals surface area (Å²) in [7, 11) is 0. The van der Waals surface area contributed by atoms with Crippen molar-refractivity contribution in [2.75, 3.05) is 6.54 Å². The SMILES string of the molecule is CCC(CC)(C(=O)NCCC(=O)NC(C)C)C(N)=S. The molecule has 0 aliphatic heterocycles. The van der Waals surface area contributed by atoms with Crippen LogP contribution in [0.5, 0.6) is 0 Å². The van der Waals surface area contributed by atoms with Gasteiger partial charge in [-0.25, -0.2) is 0 Å². The third-order valence-electron chi connectivity index (χ3n) is 3.20. The first-order chi connectivity index (χ1) is 8.80. The van der Waals surface area contributed by atoms with Gasteiger partial charge >= 0.3 is 0 Å². The summed E-state index contributed by atoms with van der Waals surface area (Å²) in [6, 6.07) is 0.102. The molecule has 0 saturated heterocycles. The highest BCUT2D eigenvalue weighted by molar-refractivity contribution is 7.80. The Morgan fingerprint density at radius 3 is 2.16 bits per heavy atom. The van der Waals surface area contributed by atoms with Crippen LogP contribution in [-0.2, 0) is 9.59 Å². The number of hydrogen-bond acceptors (Lipinski definition) is 3. The molecule has 5 nitrogen and oxygen atoms in total. The highest BCUT2D eigenvalue weighted by Gasteiger charge is 2.37. The Balaban J connectivity index is 4.37. The van der Waals surface area contributed by atoms with E-state index in [-0.39, 0.29) is 29.3 Å². The van der Waals surface area contributed by atoms with Crippen molar-refractivity contribution in [1.82, 2.24) is 10.6 Å². The fraction of sp³-hybridized carbons (Fsp3) is 0.769. The van der Waals surface area contributed by atoms with Crippen molar-refractivity contribution in [3.8, 4) is 0 Å². The number of rotatable bonds is 8. The Morgan fingerprint density at radius 1 is 1.26 bits per heavy atom. The molecule has 0 aromatic rings. The van der Waals surface area contributed by atoms with Crippen molar-refractivity contribution in [3.05, 3.63) is 0 Å². The smallest absolute Gasteiger partial charge is 0.233 e. The van der Waals surface area contributed by atoms with Crippen molar-refractivity contribution < 1.29 is 9.59 Å². The van der Waals surface area contributed by atoms with E-state index in [1.54, 1.807) is 0 Å². The number of nitrogens with one attached hydrogen (secondary N) is 2. The first-order valence-corrected chi connectivity index (χ1v) is 7.08. The summed E-state index contributed by atoms with van der Waals surface area (Å²) in [5.41, 5.74) is 4.88. The van der Waals surface area contributed by atoms with E-state index < -0.39 is 5.41 Å². The molecular weight excluding hydrogens is 262 g/mol. The van der Waals surface area contributed by atoms with Gasteiger partial charge in [-0.3, -0.25) is 9.59 Å². The molecule has 0 rings (SSSR count). The zero-order valence-electron chi connectivity index (χ0n) is 12.2. The summed E-state index contributed by atoms with van der Waals surface area (Å²) in [4.78, 5) is 23.8. The van der Waals surface area contributed by atoms with Crippen LogP contribution in [0.25, 0.3) is 0 Å². The second-order valence-electron chi connectivity index (χ2n) is 4.88. The maximum atomic E-state index is 12.2. The molecule has 0 aliphatic rings. The molecule has 4 N–H and O–H groups in total. The predicted octanol–water partition coefficient (Wildman–Crippen LogP) is 1.11. The molecule has 0 aromatic heterocycles. The molecule has 0 heterocycles. The first kappa shape index (κ1) is 17.8. The van der Waals surface area contributed by atoms with Gasteiger partial charge in [-0.05, 0) is 26.7 Å². The van der Waals surface area contributed by atoms with Crippen LogP contribution in [0.15, 0.2) is 0 Å². The molecule has 2 amide bonds. The summed E-state index contributed by atoms with van der Waals surface area (Å²) < 4.78 is 0. The minimum absolute atomic E-state index is 0.0794. The van der Waals surface area contributed by atoms with Crippen molar-refractivity contribution in [1.29, 1.82) is 0 Å². The zero-order valence-corrected chi connectivity index (χ0v) is 13.0. The normalized spacial score (nSPS) is 11.2. The van der Waals surface area contributed by atoms with Crippen LogP contribution in [-0.4, -0.2) is 29.4 Å². The Hall–Kier alpha value is -1.17. The van der Waals surface area contributed by atoms with Gasteiger partial charge < -0.3 is 16.4 Å². The molecule has 0 aromatic carbocycles. The van der Waals surface area contributed by atoms with Gasteiger partial charge in [0.1, 0.15) is 0 Å². The fourth-order valence-corrected chi connectivity index (χ4v) is 2.27. The van der Waals surface area contributed by atoms with Crippen LogP contribution in [0.1, 0.15) is 47.0 Å². The number of carbonyl (C=O) groups excluding carboxylic acids is 2. The number of amides is 2. The zero-order chi connectivity index (χ0) is 15.1. The summed E-state index contributed by atoms with van der Waals surface area (Å²) in [6.45, 7) is 7.84. The lowest BCUT2D eigenvalue weighted by Crippen LogP contribution is -2.49. The van der Waals surface area contributed by atoms with Crippen molar-refractivity contribution in [2.45, 2.75) is 53.0 Å². The average molecular weight is 287 g/mol. The number of carbonyl (C=O) groups is 2. The minimum atomic E-state index is -0.802. The van der Waals surface area contributed by atoms with Gasteiger partial charge in [-0.1, -0.05) is 26.1 Å². The van der Waals surface area contributed by atoms with Gasteiger partial charge in [-0.15, -0.1) is 0 Å². The van der Waals surface area contributed by atoms with E-state index in [2.05, 4.69) is 10.6 Å². The fourth-order valence-electron chi connectivity index (χ4n) is 1.88. The molecule has 19 heavy (non-hydrogen) atoms. The largest absolute Gasteiger partial charge is 0.392 e. The molecule has 0 aliphatic carbocycles. The van der Waals surface area contributed by atoms with Crippen molar-refractivity contribution >= 4 is 29.0 Å². The lowest BCUT2D eigenvalue weighted by molar-refractivity contribution is -0.128. The third-order valence-corrected chi connectivity index (χ3v) is 3.59. The van der Waals surface area contributed by atoms with Crippen LogP contribution in [0.4, 0.5) is 0 Å². The number of thiocarbonyl (C=S) groups is 1. The maximum Gasteiger partial charge on any atom is 0.233 e.